The number of benzene rings is 1. The van der Waals surface area contributed by atoms with E-state index in [1.807, 2.05) is 10.8 Å². The number of halogens is 1. The lowest BCUT2D eigenvalue weighted by Gasteiger charge is -2.21. The van der Waals surface area contributed by atoms with E-state index in [0.717, 1.165) is 6.54 Å². The Kier molecular flexibility index (Phi) is 6.75. The summed E-state index contributed by atoms with van der Waals surface area (Å²) in [4.78, 5) is 17.4. The molecule has 0 radical (unpaired) electrons. The molecule has 1 aliphatic carbocycles. The van der Waals surface area contributed by atoms with Gasteiger partial charge in [0.15, 0.2) is 11.6 Å². The van der Waals surface area contributed by atoms with Crippen LogP contribution in [-0.4, -0.2) is 38.2 Å². The SMILES string of the molecule is COc1ccc(Nc2nc(NCC3CCCCC3)nc(NCn3ccnc3)n2)cc1F. The van der Waals surface area contributed by atoms with Crippen LogP contribution in [0, 0.1) is 11.7 Å². The standard InChI is InChI=1S/C21H27FN8O/c1-31-18-8-7-16(11-17(18)22)26-21-28-19(24-12-15-5-3-2-4-6-15)27-20(29-21)25-14-30-10-9-23-13-30/h7-11,13,15H,2-6,12,14H2,1H3,(H3,24,25,26,27,28,29). The lowest BCUT2D eigenvalue weighted by atomic mass is 9.89. The molecule has 0 saturated heterocycles. The lowest BCUT2D eigenvalue weighted by Crippen LogP contribution is -2.19. The minimum absolute atomic E-state index is 0.179. The maximum atomic E-state index is 14.1. The number of hydrogen-bond donors (Lipinski definition) is 3. The van der Waals surface area contributed by atoms with Crippen molar-refractivity contribution in [1.82, 2.24) is 24.5 Å². The van der Waals surface area contributed by atoms with Crippen LogP contribution in [0.1, 0.15) is 32.1 Å². The van der Waals surface area contributed by atoms with Crippen LogP contribution in [0.15, 0.2) is 36.9 Å². The van der Waals surface area contributed by atoms with Gasteiger partial charge in [-0.1, -0.05) is 19.3 Å². The average Bonchev–Trinajstić information content (AvgIpc) is 3.31. The predicted molar refractivity (Wildman–Crippen MR) is 117 cm³/mol. The number of rotatable bonds is 9. The summed E-state index contributed by atoms with van der Waals surface area (Å²) in [6.45, 7) is 1.28. The molecule has 1 saturated carbocycles. The van der Waals surface area contributed by atoms with Gasteiger partial charge in [-0.25, -0.2) is 9.37 Å². The first-order valence-electron chi connectivity index (χ1n) is 10.5. The minimum Gasteiger partial charge on any atom is -0.494 e. The monoisotopic (exact) mass is 426 g/mol. The van der Waals surface area contributed by atoms with Gasteiger partial charge in [0.25, 0.3) is 0 Å². The number of anilines is 4. The van der Waals surface area contributed by atoms with Crippen LogP contribution < -0.4 is 20.7 Å². The van der Waals surface area contributed by atoms with E-state index in [2.05, 4.69) is 35.9 Å². The summed E-state index contributed by atoms with van der Waals surface area (Å²) >= 11 is 0. The molecule has 1 fully saturated rings. The maximum absolute atomic E-state index is 14.1. The number of aromatic nitrogens is 5. The number of methoxy groups -OCH3 is 1. The summed E-state index contributed by atoms with van der Waals surface area (Å²) in [5.74, 6) is 1.55. The average molecular weight is 427 g/mol. The Balaban J connectivity index is 1.50. The zero-order chi connectivity index (χ0) is 21.5. The van der Waals surface area contributed by atoms with Crippen molar-refractivity contribution in [3.63, 3.8) is 0 Å². The van der Waals surface area contributed by atoms with Gasteiger partial charge in [-0.05, 0) is 30.9 Å². The van der Waals surface area contributed by atoms with Crippen molar-refractivity contribution in [2.24, 2.45) is 5.92 Å². The molecule has 2 heterocycles. The van der Waals surface area contributed by atoms with E-state index < -0.39 is 5.82 Å². The van der Waals surface area contributed by atoms with Crippen molar-refractivity contribution in [2.75, 3.05) is 29.6 Å². The van der Waals surface area contributed by atoms with Crippen molar-refractivity contribution in [2.45, 2.75) is 38.8 Å². The molecule has 3 aromatic rings. The summed E-state index contributed by atoms with van der Waals surface area (Å²) in [6.07, 6.45) is 11.6. The third-order valence-corrected chi connectivity index (χ3v) is 5.30. The Hall–Kier alpha value is -3.43. The van der Waals surface area contributed by atoms with Gasteiger partial charge < -0.3 is 25.3 Å². The second-order valence-corrected chi connectivity index (χ2v) is 7.58. The van der Waals surface area contributed by atoms with E-state index in [-0.39, 0.29) is 5.75 Å². The summed E-state index contributed by atoms with van der Waals surface area (Å²) in [5.41, 5.74) is 0.517. The number of nitrogens with one attached hydrogen (secondary N) is 3. The van der Waals surface area contributed by atoms with Crippen molar-refractivity contribution < 1.29 is 9.13 Å². The van der Waals surface area contributed by atoms with Gasteiger partial charge in [-0.15, -0.1) is 0 Å². The fourth-order valence-electron chi connectivity index (χ4n) is 3.63. The number of ether oxygens (including phenoxy) is 1. The molecule has 31 heavy (non-hydrogen) atoms. The molecule has 4 rings (SSSR count). The fourth-order valence-corrected chi connectivity index (χ4v) is 3.63. The first-order chi connectivity index (χ1) is 15.2. The van der Waals surface area contributed by atoms with E-state index in [1.165, 1.54) is 45.3 Å². The summed E-state index contributed by atoms with van der Waals surface area (Å²) in [7, 11) is 1.43. The third kappa shape index (κ3) is 5.80. The summed E-state index contributed by atoms with van der Waals surface area (Å²) in [5, 5.41) is 9.57. The van der Waals surface area contributed by atoms with Crippen molar-refractivity contribution in [1.29, 1.82) is 0 Å². The van der Waals surface area contributed by atoms with Crippen LogP contribution in [0.3, 0.4) is 0 Å². The second kappa shape index (κ2) is 10.1. The molecule has 10 heteroatoms. The molecule has 0 aliphatic heterocycles. The fraction of sp³-hybridized carbons (Fsp3) is 0.429. The van der Waals surface area contributed by atoms with Crippen LogP contribution in [0.2, 0.25) is 0 Å². The molecular weight excluding hydrogens is 399 g/mol. The first kappa shape index (κ1) is 20.8. The number of imidazole rings is 1. The van der Waals surface area contributed by atoms with Crippen molar-refractivity contribution >= 4 is 23.5 Å². The Morgan fingerprint density at radius 1 is 1.06 bits per heavy atom. The molecule has 2 aromatic heterocycles. The Morgan fingerprint density at radius 2 is 1.84 bits per heavy atom. The van der Waals surface area contributed by atoms with E-state index >= 15 is 0 Å². The molecule has 3 N–H and O–H groups in total. The Morgan fingerprint density at radius 3 is 2.55 bits per heavy atom. The van der Waals surface area contributed by atoms with E-state index in [1.54, 1.807) is 24.7 Å². The molecule has 0 spiro atoms. The van der Waals surface area contributed by atoms with Gasteiger partial charge in [0.2, 0.25) is 17.8 Å². The van der Waals surface area contributed by atoms with Gasteiger partial charge in [-0.2, -0.15) is 15.0 Å². The zero-order valence-corrected chi connectivity index (χ0v) is 17.5. The minimum atomic E-state index is -0.462. The van der Waals surface area contributed by atoms with Crippen LogP contribution in [0.5, 0.6) is 5.75 Å². The molecule has 0 bridgehead atoms. The predicted octanol–water partition coefficient (Wildman–Crippen LogP) is 4.02. The van der Waals surface area contributed by atoms with Crippen molar-refractivity contribution in [3.8, 4) is 5.75 Å². The quantitative estimate of drug-likeness (QED) is 0.472. The van der Waals surface area contributed by atoms with E-state index in [0.29, 0.717) is 36.1 Å². The molecular formula is C21H27FN8O. The van der Waals surface area contributed by atoms with Gasteiger partial charge in [-0.3, -0.25) is 0 Å². The highest BCUT2D eigenvalue weighted by molar-refractivity contribution is 5.57. The number of nitrogens with zero attached hydrogens (tertiary/aromatic N) is 5. The van der Waals surface area contributed by atoms with Crippen LogP contribution in [0.4, 0.5) is 27.9 Å². The smallest absolute Gasteiger partial charge is 0.233 e. The highest BCUT2D eigenvalue weighted by atomic mass is 19.1. The Bertz CT molecular complexity index is 976. The van der Waals surface area contributed by atoms with Crippen LogP contribution >= 0.6 is 0 Å². The van der Waals surface area contributed by atoms with Crippen LogP contribution in [-0.2, 0) is 6.67 Å². The highest BCUT2D eigenvalue weighted by Crippen LogP contribution is 2.25. The van der Waals surface area contributed by atoms with Gasteiger partial charge >= 0.3 is 0 Å². The molecule has 0 amide bonds. The topological polar surface area (TPSA) is 102 Å². The first-order valence-corrected chi connectivity index (χ1v) is 10.5. The van der Waals surface area contributed by atoms with Gasteiger partial charge in [0.05, 0.1) is 20.1 Å². The second-order valence-electron chi connectivity index (χ2n) is 7.58. The maximum Gasteiger partial charge on any atom is 0.233 e. The number of hydrogen-bond acceptors (Lipinski definition) is 8. The van der Waals surface area contributed by atoms with Crippen LogP contribution in [0.25, 0.3) is 0 Å². The largest absolute Gasteiger partial charge is 0.494 e. The molecule has 0 atom stereocenters. The summed E-state index contributed by atoms with van der Waals surface area (Å²) in [6, 6.07) is 4.61. The molecule has 164 valence electrons. The van der Waals surface area contributed by atoms with E-state index in [9.17, 15) is 4.39 Å². The normalized spacial score (nSPS) is 14.3. The summed E-state index contributed by atoms with van der Waals surface area (Å²) < 4.78 is 20.9. The zero-order valence-electron chi connectivity index (χ0n) is 17.5. The lowest BCUT2D eigenvalue weighted by molar-refractivity contribution is 0.373. The van der Waals surface area contributed by atoms with Gasteiger partial charge in [0.1, 0.15) is 0 Å². The highest BCUT2D eigenvalue weighted by Gasteiger charge is 2.15. The molecule has 1 aromatic carbocycles. The molecule has 9 nitrogen and oxygen atoms in total. The van der Waals surface area contributed by atoms with Crippen molar-refractivity contribution in [3.05, 3.63) is 42.7 Å². The third-order valence-electron chi connectivity index (χ3n) is 5.30. The molecule has 1 aliphatic rings. The van der Waals surface area contributed by atoms with Gasteiger partial charge in [0, 0.05) is 30.7 Å². The molecule has 0 unspecified atom stereocenters. The Labute approximate surface area is 180 Å². The van der Waals surface area contributed by atoms with E-state index in [4.69, 9.17) is 4.74 Å².